The first-order valence-electron chi connectivity index (χ1n) is 4.19. The summed E-state index contributed by atoms with van der Waals surface area (Å²) in [5.41, 5.74) is 0. The monoisotopic (exact) mass is 187 g/mol. The highest BCUT2D eigenvalue weighted by Crippen LogP contribution is 2.09. The van der Waals surface area contributed by atoms with Gasteiger partial charge in [-0.05, 0) is 13.3 Å². The van der Waals surface area contributed by atoms with Crippen molar-refractivity contribution in [3.05, 3.63) is 0 Å². The number of nitrogens with zero attached hydrogens (tertiary/aromatic N) is 1. The zero-order chi connectivity index (χ0) is 9.84. The number of carbonyl (C=O) groups excluding carboxylic acids is 2. The van der Waals surface area contributed by atoms with Gasteiger partial charge in [0.15, 0.2) is 12.4 Å². The average molecular weight is 187 g/mol. The normalized spacial score (nSPS) is 21.7. The Kier molecular flexibility index (Phi) is 3.25. The van der Waals surface area contributed by atoms with Crippen LogP contribution in [-0.2, 0) is 9.53 Å². The topological polar surface area (TPSA) is 66.8 Å². The fraction of sp³-hybridized carbons (Fsp3) is 0.750. The van der Waals surface area contributed by atoms with Crippen LogP contribution in [0.15, 0.2) is 0 Å². The molecule has 1 heterocycles. The van der Waals surface area contributed by atoms with E-state index in [1.807, 2.05) is 0 Å². The van der Waals surface area contributed by atoms with Crippen molar-refractivity contribution in [2.24, 2.45) is 0 Å². The van der Waals surface area contributed by atoms with Gasteiger partial charge in [-0.25, -0.2) is 4.79 Å². The van der Waals surface area contributed by atoms with Crippen molar-refractivity contribution in [1.82, 2.24) is 4.90 Å². The minimum Gasteiger partial charge on any atom is -0.441 e. The molecule has 74 valence electrons. The Hall–Kier alpha value is -1.10. The third-order valence-electron chi connectivity index (χ3n) is 1.82. The van der Waals surface area contributed by atoms with Gasteiger partial charge in [0, 0.05) is 13.1 Å². The predicted molar refractivity (Wildman–Crippen MR) is 44.2 cm³/mol. The maximum absolute atomic E-state index is 11.1. The van der Waals surface area contributed by atoms with Crippen LogP contribution in [0.2, 0.25) is 0 Å². The molecular weight excluding hydrogens is 174 g/mol. The summed E-state index contributed by atoms with van der Waals surface area (Å²) in [6.45, 7) is 1.96. The Morgan fingerprint density at radius 1 is 1.62 bits per heavy atom. The summed E-state index contributed by atoms with van der Waals surface area (Å²) in [5.74, 6) is -0.187. The molecule has 1 atom stereocenters. The number of aliphatic hydroxyl groups is 1. The quantitative estimate of drug-likeness (QED) is 0.649. The molecule has 0 aliphatic carbocycles. The molecule has 0 spiro atoms. The zero-order valence-electron chi connectivity index (χ0n) is 7.52. The van der Waals surface area contributed by atoms with Crippen LogP contribution in [0, 0.1) is 0 Å². The molecule has 0 aromatic rings. The molecule has 0 bridgehead atoms. The Labute approximate surface area is 76.3 Å². The molecule has 1 unspecified atom stereocenters. The lowest BCUT2D eigenvalue weighted by atomic mass is 10.3. The van der Waals surface area contributed by atoms with E-state index in [0.29, 0.717) is 19.5 Å². The van der Waals surface area contributed by atoms with E-state index >= 15 is 0 Å². The zero-order valence-corrected chi connectivity index (χ0v) is 7.52. The third-order valence-corrected chi connectivity index (χ3v) is 1.82. The second-order valence-corrected chi connectivity index (χ2v) is 3.15. The van der Waals surface area contributed by atoms with Gasteiger partial charge in [-0.3, -0.25) is 4.79 Å². The molecule has 1 aliphatic rings. The van der Waals surface area contributed by atoms with Crippen molar-refractivity contribution in [2.45, 2.75) is 19.4 Å². The van der Waals surface area contributed by atoms with E-state index in [1.54, 1.807) is 0 Å². The highest BCUT2D eigenvalue weighted by Gasteiger charge is 2.25. The summed E-state index contributed by atoms with van der Waals surface area (Å²) in [6, 6.07) is 0. The Morgan fingerprint density at radius 3 is 2.77 bits per heavy atom. The molecule has 5 nitrogen and oxygen atoms in total. The highest BCUT2D eigenvalue weighted by atomic mass is 16.6. The van der Waals surface area contributed by atoms with Crippen LogP contribution in [0.5, 0.6) is 0 Å². The van der Waals surface area contributed by atoms with Crippen LogP contribution >= 0.6 is 0 Å². The summed E-state index contributed by atoms with van der Waals surface area (Å²) in [5, 5.41) is 9.11. The maximum Gasteiger partial charge on any atom is 0.410 e. The van der Waals surface area contributed by atoms with Crippen LogP contribution in [-0.4, -0.2) is 47.7 Å². The molecule has 1 fully saturated rings. The predicted octanol–water partition coefficient (Wildman–Crippen LogP) is -0.221. The molecule has 5 heteroatoms. The number of hydrogen-bond donors (Lipinski definition) is 1. The number of ketones is 1. The smallest absolute Gasteiger partial charge is 0.410 e. The van der Waals surface area contributed by atoms with Gasteiger partial charge >= 0.3 is 6.09 Å². The van der Waals surface area contributed by atoms with E-state index in [0.717, 1.165) is 0 Å². The average Bonchev–Trinajstić information content (AvgIpc) is 2.47. The van der Waals surface area contributed by atoms with E-state index in [-0.39, 0.29) is 12.4 Å². The first-order chi connectivity index (χ1) is 6.09. The summed E-state index contributed by atoms with van der Waals surface area (Å²) in [6.07, 6.45) is -0.397. The Morgan fingerprint density at radius 2 is 2.31 bits per heavy atom. The molecule has 0 aromatic carbocycles. The van der Waals surface area contributed by atoms with Crippen molar-refractivity contribution in [1.29, 1.82) is 0 Å². The highest BCUT2D eigenvalue weighted by molar-refractivity contribution is 5.79. The van der Waals surface area contributed by atoms with Crippen LogP contribution in [0.4, 0.5) is 4.79 Å². The van der Waals surface area contributed by atoms with E-state index in [4.69, 9.17) is 5.11 Å². The molecule has 0 aromatic heterocycles. The van der Waals surface area contributed by atoms with Crippen molar-refractivity contribution in [3.8, 4) is 0 Å². The van der Waals surface area contributed by atoms with Gasteiger partial charge in [-0.2, -0.15) is 0 Å². The summed E-state index contributed by atoms with van der Waals surface area (Å²) in [7, 11) is 0. The van der Waals surface area contributed by atoms with Crippen molar-refractivity contribution in [3.63, 3.8) is 0 Å². The van der Waals surface area contributed by atoms with Crippen molar-refractivity contribution >= 4 is 11.9 Å². The number of likely N-dealkylation sites (tertiary alicyclic amines) is 1. The molecule has 0 radical (unpaired) electrons. The van der Waals surface area contributed by atoms with Crippen LogP contribution < -0.4 is 0 Å². The molecule has 1 aliphatic heterocycles. The molecule has 0 saturated carbocycles. The second-order valence-electron chi connectivity index (χ2n) is 3.15. The van der Waals surface area contributed by atoms with Crippen molar-refractivity contribution < 1.29 is 19.4 Å². The van der Waals surface area contributed by atoms with Crippen LogP contribution in [0.1, 0.15) is 13.3 Å². The summed E-state index contributed by atoms with van der Waals surface area (Å²) < 4.78 is 4.66. The first-order valence-corrected chi connectivity index (χ1v) is 4.19. The minimum absolute atomic E-state index is 0.187. The molecule has 1 saturated heterocycles. The number of hydrogen-bond acceptors (Lipinski definition) is 4. The number of ether oxygens (including phenoxy) is 1. The lowest BCUT2D eigenvalue weighted by Crippen LogP contribution is -2.31. The summed E-state index contributed by atoms with van der Waals surface area (Å²) in [4.78, 5) is 23.0. The number of carbonyl (C=O) groups is 2. The number of β-amino-alcohol motifs (C(OH)–C–C–N with tert-alkyl or cyclic N) is 1. The van der Waals surface area contributed by atoms with E-state index < -0.39 is 12.2 Å². The van der Waals surface area contributed by atoms with Crippen molar-refractivity contribution in [2.75, 3.05) is 19.7 Å². The molecule has 1 rings (SSSR count). The first kappa shape index (κ1) is 9.98. The maximum atomic E-state index is 11.1. The van der Waals surface area contributed by atoms with E-state index in [9.17, 15) is 9.59 Å². The SMILES string of the molecule is CC(=O)COC(=O)N1CCC(O)C1. The standard InChI is InChI=1S/C8H13NO4/c1-6(10)5-13-8(12)9-3-2-7(11)4-9/h7,11H,2-5H2,1H3. The van der Waals surface area contributed by atoms with E-state index in [2.05, 4.69) is 4.74 Å². The van der Waals surface area contributed by atoms with Gasteiger partial charge in [0.1, 0.15) is 0 Å². The third kappa shape index (κ3) is 3.02. The number of Topliss-reactive ketones (excluding diaryl/α,β-unsaturated/α-hetero) is 1. The fourth-order valence-electron chi connectivity index (χ4n) is 1.16. The Bertz CT molecular complexity index is 216. The van der Waals surface area contributed by atoms with Gasteiger partial charge in [0.2, 0.25) is 0 Å². The van der Waals surface area contributed by atoms with Crippen LogP contribution in [0.25, 0.3) is 0 Å². The van der Waals surface area contributed by atoms with Gasteiger partial charge in [0.05, 0.1) is 6.10 Å². The van der Waals surface area contributed by atoms with Gasteiger partial charge < -0.3 is 14.7 Å². The molecule has 1 amide bonds. The molecule has 1 N–H and O–H groups in total. The molecular formula is C8H13NO4. The van der Waals surface area contributed by atoms with Crippen LogP contribution in [0.3, 0.4) is 0 Å². The largest absolute Gasteiger partial charge is 0.441 e. The number of amides is 1. The lowest BCUT2D eigenvalue weighted by Gasteiger charge is -2.14. The number of aliphatic hydroxyl groups excluding tert-OH is 1. The van der Waals surface area contributed by atoms with Gasteiger partial charge in [-0.1, -0.05) is 0 Å². The summed E-state index contributed by atoms with van der Waals surface area (Å²) >= 11 is 0. The minimum atomic E-state index is -0.522. The van der Waals surface area contributed by atoms with Gasteiger partial charge in [0.25, 0.3) is 0 Å². The fourth-order valence-corrected chi connectivity index (χ4v) is 1.16. The van der Waals surface area contributed by atoms with E-state index in [1.165, 1.54) is 11.8 Å². The number of rotatable bonds is 2. The van der Waals surface area contributed by atoms with Gasteiger partial charge in [-0.15, -0.1) is 0 Å². The molecule has 13 heavy (non-hydrogen) atoms. The second kappa shape index (κ2) is 4.23. The lowest BCUT2D eigenvalue weighted by molar-refractivity contribution is -0.120. The Balaban J connectivity index is 2.27.